The zero-order chi connectivity index (χ0) is 21.9. The molecular formula is C28H29Cl2SSiZr. The zero-order valence-electron chi connectivity index (χ0n) is 19.8. The van der Waals surface area contributed by atoms with E-state index in [-0.39, 0.29) is 24.8 Å². The molecule has 1 aromatic heterocycles. The second kappa shape index (κ2) is 10.1. The number of benzene rings is 2. The summed E-state index contributed by atoms with van der Waals surface area (Å²) in [6.45, 7) is 11.8. The summed E-state index contributed by atoms with van der Waals surface area (Å²) in [5.74, 6) is 0. The maximum absolute atomic E-state index is 2.51. The van der Waals surface area contributed by atoms with Crippen LogP contribution in [0.4, 0.5) is 0 Å². The molecule has 2 aliphatic carbocycles. The summed E-state index contributed by atoms with van der Waals surface area (Å²) in [6.07, 6.45) is 3.48. The van der Waals surface area contributed by atoms with Crippen LogP contribution in [-0.4, -0.2) is 8.07 Å². The van der Waals surface area contributed by atoms with Gasteiger partial charge in [0.25, 0.3) is 0 Å². The van der Waals surface area contributed by atoms with E-state index in [0.717, 1.165) is 12.0 Å². The van der Waals surface area contributed by atoms with E-state index >= 15 is 0 Å². The molecule has 0 spiro atoms. The molecule has 0 nitrogen and oxygen atoms in total. The van der Waals surface area contributed by atoms with Gasteiger partial charge in [0.1, 0.15) is 0 Å². The van der Waals surface area contributed by atoms with Crippen molar-refractivity contribution < 1.29 is 49.5 Å². The van der Waals surface area contributed by atoms with Crippen molar-refractivity contribution in [2.45, 2.75) is 49.5 Å². The molecule has 0 amide bonds. The largest absolute Gasteiger partial charge is 1.00 e. The fourth-order valence-electron chi connectivity index (χ4n) is 5.82. The molecule has 2 unspecified atom stereocenters. The molecule has 3 aromatic rings. The summed E-state index contributed by atoms with van der Waals surface area (Å²) in [5, 5.41) is 4.01. The molecule has 7 rings (SSSR count). The molecule has 0 fully saturated rings. The first-order valence-corrected chi connectivity index (χ1v) is 16.6. The third-order valence-electron chi connectivity index (χ3n) is 7.37. The first-order chi connectivity index (χ1) is 14.8. The number of hydrogen-bond donors (Lipinski definition) is 0. The van der Waals surface area contributed by atoms with Crippen LogP contribution >= 0.6 is 11.3 Å². The molecule has 3 heterocycles. The first kappa shape index (κ1) is 26.9. The Morgan fingerprint density at radius 2 is 1.64 bits per heavy atom. The Morgan fingerprint density at radius 1 is 0.939 bits per heavy atom. The van der Waals surface area contributed by atoms with E-state index in [2.05, 4.69) is 93.9 Å². The summed E-state index contributed by atoms with van der Waals surface area (Å²) in [6, 6.07) is 18.1. The van der Waals surface area contributed by atoms with E-state index in [1.807, 2.05) is 11.3 Å². The normalized spacial score (nSPS) is 20.4. The Hall–Kier alpha value is -0.700. The monoisotopic (exact) mass is 585 g/mol. The minimum Gasteiger partial charge on any atom is -1.00 e. The predicted octanol–water partition coefficient (Wildman–Crippen LogP) is 2.35. The molecule has 2 aliphatic heterocycles. The van der Waals surface area contributed by atoms with Crippen LogP contribution in [0.3, 0.4) is 0 Å². The average Bonchev–Trinajstić information content (AvgIpc) is 3.45. The summed E-state index contributed by atoms with van der Waals surface area (Å²) in [4.78, 5) is 1.68. The van der Waals surface area contributed by atoms with Crippen LogP contribution in [0, 0.1) is 0 Å². The maximum Gasteiger partial charge on any atom is -1.00 e. The van der Waals surface area contributed by atoms with Gasteiger partial charge in [0.15, 0.2) is 0 Å². The first-order valence-electron chi connectivity index (χ1n) is 11.2. The van der Waals surface area contributed by atoms with Gasteiger partial charge in [-0.1, -0.05) is 23.9 Å². The topological polar surface area (TPSA) is 0 Å². The minimum absolute atomic E-state index is 0. The molecule has 0 saturated carbocycles. The van der Waals surface area contributed by atoms with Crippen LogP contribution in [0.5, 0.6) is 0 Å². The van der Waals surface area contributed by atoms with Gasteiger partial charge in [-0.25, -0.2) is 0 Å². The molecule has 4 aliphatic rings. The van der Waals surface area contributed by atoms with Gasteiger partial charge in [-0.05, 0) is 23.9 Å². The van der Waals surface area contributed by atoms with E-state index in [4.69, 9.17) is 0 Å². The van der Waals surface area contributed by atoms with Gasteiger partial charge < -0.3 is 24.8 Å². The molecule has 0 radical (unpaired) electrons. The van der Waals surface area contributed by atoms with E-state index in [1.165, 1.54) is 33.4 Å². The quantitative estimate of drug-likeness (QED) is 0.404. The molecule has 0 N–H and O–H groups in total. The summed E-state index contributed by atoms with van der Waals surface area (Å²) in [5.41, 5.74) is 12.8. The fourth-order valence-corrected chi connectivity index (χ4v) is 13.0. The second-order valence-corrected chi connectivity index (χ2v) is 16.5. The van der Waals surface area contributed by atoms with Gasteiger partial charge in [-0.2, -0.15) is 0 Å². The van der Waals surface area contributed by atoms with Gasteiger partial charge in [0.05, 0.1) is 8.07 Å². The smallest absolute Gasteiger partial charge is 1.00 e. The average molecular weight is 588 g/mol. The third kappa shape index (κ3) is 4.27. The molecule has 2 atom stereocenters. The van der Waals surface area contributed by atoms with Crippen LogP contribution in [0.1, 0.15) is 57.1 Å². The standard InChI is InChI=1S/C18H17.C10H12SSi.2ClH.Zr/c1-3-14-7-9-15(10-8-14)17-6-4-5-16-11-13(2)12-18(16)17;1-6-9-7-4-5-11-8(7)10(6)12(9,2)3;;;/h4-12H,3H2,1-2H3;4-5,10H,1-3H3;2*1H;/q;;;;+2/p-2. The molecular weight excluding hydrogens is 559 g/mol. The van der Waals surface area contributed by atoms with Gasteiger partial charge in [-0.15, -0.1) is 11.3 Å². The third-order valence-corrected chi connectivity index (χ3v) is 14.6. The Kier molecular flexibility index (Phi) is 8.24. The van der Waals surface area contributed by atoms with E-state index in [0.29, 0.717) is 3.63 Å². The number of allylic oxidation sites excluding steroid dienone is 2. The number of hydrogen-bond acceptors (Lipinski definition) is 1. The fraction of sp³-hybridized carbons (Fsp3) is 0.286. The van der Waals surface area contributed by atoms with Gasteiger partial charge in [0.2, 0.25) is 0 Å². The van der Waals surface area contributed by atoms with Crippen molar-refractivity contribution in [3.63, 3.8) is 0 Å². The van der Waals surface area contributed by atoms with Crippen molar-refractivity contribution in [2.75, 3.05) is 0 Å². The van der Waals surface area contributed by atoms with Crippen molar-refractivity contribution in [3.05, 3.63) is 92.2 Å². The number of aryl methyl sites for hydroxylation is 1. The number of rotatable bonds is 2. The number of halogens is 2. The molecule has 33 heavy (non-hydrogen) atoms. The minimum atomic E-state index is -0.972. The van der Waals surface area contributed by atoms with Crippen LogP contribution in [-0.2, 0) is 31.1 Å². The van der Waals surface area contributed by atoms with Crippen molar-refractivity contribution in [2.24, 2.45) is 0 Å². The summed E-state index contributed by atoms with van der Waals surface area (Å²) in [7, 11) is -0.972. The SMILES string of the molecule is CC1=C2c3ccsc3C1[Si]2(C)C.CCc1ccc(-c2cccc3c2C=C(C)[CH]3[Zr+2])cc1.[Cl-].[Cl-]. The van der Waals surface area contributed by atoms with Gasteiger partial charge in [0, 0.05) is 10.4 Å². The van der Waals surface area contributed by atoms with Crippen molar-refractivity contribution in [1.29, 1.82) is 0 Å². The van der Waals surface area contributed by atoms with E-state index in [9.17, 15) is 0 Å². The van der Waals surface area contributed by atoms with Crippen LogP contribution in [0.15, 0.2) is 65.1 Å². The summed E-state index contributed by atoms with van der Waals surface area (Å²) >= 11 is 3.55. The Morgan fingerprint density at radius 3 is 2.24 bits per heavy atom. The predicted molar refractivity (Wildman–Crippen MR) is 135 cm³/mol. The summed E-state index contributed by atoms with van der Waals surface area (Å²) < 4.78 is 0.650. The van der Waals surface area contributed by atoms with Crippen LogP contribution < -0.4 is 24.8 Å². The van der Waals surface area contributed by atoms with Gasteiger partial charge >= 0.3 is 131 Å². The van der Waals surface area contributed by atoms with E-state index < -0.39 is 8.07 Å². The Balaban J connectivity index is 0.000000190. The molecule has 0 saturated heterocycles. The number of fused-ring (bicyclic) bond motifs is 1. The van der Waals surface area contributed by atoms with Gasteiger partial charge in [-0.3, -0.25) is 0 Å². The maximum atomic E-state index is 2.51. The van der Waals surface area contributed by atoms with Crippen LogP contribution in [0.2, 0.25) is 13.1 Å². The zero-order valence-corrected chi connectivity index (χ0v) is 25.6. The van der Waals surface area contributed by atoms with E-state index in [1.54, 1.807) is 45.9 Å². The van der Waals surface area contributed by atoms with Crippen molar-refractivity contribution in [3.8, 4) is 11.1 Å². The Bertz CT molecular complexity index is 1240. The second-order valence-electron chi connectivity index (χ2n) is 9.59. The molecule has 2 aromatic carbocycles. The van der Waals surface area contributed by atoms with Crippen molar-refractivity contribution >= 4 is 30.7 Å². The molecule has 5 heteroatoms. The van der Waals surface area contributed by atoms with Crippen molar-refractivity contribution in [1.82, 2.24) is 0 Å². The molecule has 169 valence electrons. The Labute approximate surface area is 231 Å². The number of thiophene rings is 1. The molecule has 2 bridgehead atoms. The van der Waals surface area contributed by atoms with Crippen LogP contribution in [0.25, 0.3) is 22.4 Å².